The molecule has 0 aromatic heterocycles. The van der Waals surface area contributed by atoms with Gasteiger partial charge >= 0.3 is 0 Å². The number of ether oxygens (including phenoxy) is 2. The van der Waals surface area contributed by atoms with Crippen LogP contribution in [0.1, 0.15) is 0 Å². The predicted octanol–water partition coefficient (Wildman–Crippen LogP) is 8.66. The molecule has 0 saturated carbocycles. The van der Waals surface area contributed by atoms with Gasteiger partial charge in [-0.25, -0.2) is 0 Å². The van der Waals surface area contributed by atoms with Crippen molar-refractivity contribution in [1.82, 2.24) is 0 Å². The molecule has 7 aromatic carbocycles. The van der Waals surface area contributed by atoms with E-state index in [1.54, 1.807) is 0 Å². The highest BCUT2D eigenvalue weighted by molar-refractivity contribution is 7.86. The molecule has 40 heavy (non-hydrogen) atoms. The van der Waals surface area contributed by atoms with Crippen LogP contribution in [0.15, 0.2) is 127 Å². The zero-order chi connectivity index (χ0) is 26.4. The first kappa shape index (κ1) is 22.0. The fourth-order valence-electron chi connectivity index (χ4n) is 6.38. The van der Waals surface area contributed by atoms with Gasteiger partial charge in [-0.3, -0.25) is 0 Å². The van der Waals surface area contributed by atoms with Gasteiger partial charge in [0, 0.05) is 16.3 Å². The third-order valence-corrected chi connectivity index (χ3v) is 11.4. The second kappa shape index (κ2) is 7.85. The fraction of sp³-hybridized carbons (Fsp3) is 0. The first-order valence-corrected chi connectivity index (χ1v) is 15.1. The van der Waals surface area contributed by atoms with E-state index in [9.17, 15) is 0 Å². The molecule has 7 aromatic rings. The summed E-state index contributed by atoms with van der Waals surface area (Å²) in [7, 11) is -3.37. The molecule has 0 radical (unpaired) electrons. The Bertz CT molecular complexity index is 2250. The zero-order valence-electron chi connectivity index (χ0n) is 21.3. The second-order valence-corrected chi connectivity index (χ2v) is 13.1. The van der Waals surface area contributed by atoms with Crippen molar-refractivity contribution in [3.05, 3.63) is 127 Å². The Morgan fingerprint density at radius 2 is 1.05 bits per heavy atom. The average molecular weight is 533 g/mol. The van der Waals surface area contributed by atoms with Crippen molar-refractivity contribution in [2.24, 2.45) is 0 Å². The summed E-state index contributed by atoms with van der Waals surface area (Å²) in [5, 5.41) is 8.39. The summed E-state index contributed by atoms with van der Waals surface area (Å²) in [5.74, 6) is 2.53. The highest BCUT2D eigenvalue weighted by atomic mass is 31.2. The smallest absolute Gasteiger partial charge is 0.185 e. The molecule has 0 spiro atoms. The molecule has 0 saturated heterocycles. The first-order chi connectivity index (χ1) is 19.7. The Balaban J connectivity index is 1.41. The Kier molecular flexibility index (Phi) is 4.32. The molecular weight excluding hydrogens is 511 g/mol. The van der Waals surface area contributed by atoms with Crippen molar-refractivity contribution in [3.8, 4) is 34.1 Å². The largest absolute Gasteiger partial charge is 0.455 e. The maximum Gasteiger partial charge on any atom is 0.185 e. The zero-order valence-corrected chi connectivity index (χ0v) is 22.2. The first-order valence-electron chi connectivity index (χ1n) is 13.4. The fourth-order valence-corrected chi connectivity index (χ4v) is 9.47. The van der Waals surface area contributed by atoms with Crippen LogP contribution in [0.25, 0.3) is 43.4 Å². The van der Waals surface area contributed by atoms with Gasteiger partial charge in [0.05, 0.1) is 10.6 Å². The normalized spacial score (nSPS) is 16.6. The Morgan fingerprint density at radius 3 is 1.75 bits per heavy atom. The molecule has 3 nitrogen and oxygen atoms in total. The van der Waals surface area contributed by atoms with Gasteiger partial charge in [-0.15, -0.1) is 0 Å². The van der Waals surface area contributed by atoms with Gasteiger partial charge in [0.1, 0.15) is 28.3 Å². The molecule has 0 aliphatic carbocycles. The Morgan fingerprint density at radius 1 is 0.475 bits per heavy atom. The topological polar surface area (TPSA) is 35.5 Å². The molecule has 0 amide bonds. The van der Waals surface area contributed by atoms with E-state index in [0.717, 1.165) is 48.7 Å². The van der Waals surface area contributed by atoms with Crippen LogP contribution in [0, 0.1) is 0 Å². The van der Waals surface area contributed by atoms with E-state index in [4.69, 9.17) is 9.47 Å². The lowest BCUT2D eigenvalue weighted by atomic mass is 10.00. The highest BCUT2D eigenvalue weighted by Crippen LogP contribution is 2.61. The summed E-state index contributed by atoms with van der Waals surface area (Å²) in [6.07, 6.45) is 0. The third kappa shape index (κ3) is 2.82. The van der Waals surface area contributed by atoms with E-state index in [-0.39, 0.29) is 0 Å². The quantitative estimate of drug-likeness (QED) is 0.199. The number of fused-ring (bicyclic) bond motifs is 9. The van der Waals surface area contributed by atoms with Crippen molar-refractivity contribution < 1.29 is 14.0 Å². The van der Waals surface area contributed by atoms with Crippen LogP contribution in [0.4, 0.5) is 0 Å². The third-order valence-electron chi connectivity index (χ3n) is 8.28. The Labute approximate surface area is 230 Å². The van der Waals surface area contributed by atoms with Gasteiger partial charge in [0.25, 0.3) is 0 Å². The lowest BCUT2D eigenvalue weighted by molar-refractivity contribution is 0.468. The molecule has 2 aliphatic heterocycles. The molecule has 0 bridgehead atoms. The molecule has 188 valence electrons. The second-order valence-electron chi connectivity index (χ2n) is 10.4. The van der Waals surface area contributed by atoms with E-state index < -0.39 is 7.14 Å². The van der Waals surface area contributed by atoms with Gasteiger partial charge < -0.3 is 14.0 Å². The average Bonchev–Trinajstić information content (AvgIpc) is 3.01. The standard InChI is InChI=1S/C36H21O3P/c37-40-31-19-15-23-8-3-5-11-27(23)33(31)38-30-18-17-29(26-14-13-22-7-1-2-10-25(22)21-26)35(36(30)40)39-34-28-12-6-4-9-24(28)16-20-32(34)40/h1-21H. The van der Waals surface area contributed by atoms with Crippen molar-refractivity contribution in [3.63, 3.8) is 0 Å². The van der Waals surface area contributed by atoms with Crippen LogP contribution < -0.4 is 25.4 Å². The van der Waals surface area contributed by atoms with Gasteiger partial charge in [-0.05, 0) is 57.4 Å². The molecule has 1 unspecified atom stereocenters. The lowest BCUT2D eigenvalue weighted by Crippen LogP contribution is -2.35. The maximum atomic E-state index is 15.9. The maximum absolute atomic E-state index is 15.9. The van der Waals surface area contributed by atoms with Crippen LogP contribution in [0.5, 0.6) is 23.0 Å². The minimum absolute atomic E-state index is 0.588. The minimum atomic E-state index is -3.37. The summed E-state index contributed by atoms with van der Waals surface area (Å²) >= 11 is 0. The van der Waals surface area contributed by atoms with Gasteiger partial charge in [0.2, 0.25) is 0 Å². The number of hydrogen-bond donors (Lipinski definition) is 0. The number of rotatable bonds is 1. The SMILES string of the molecule is O=P12c3ccc4ccccc4c3Oc3ccc(-c4ccc5ccccc5c4)c(c31)Oc1c2ccc2ccccc12. The van der Waals surface area contributed by atoms with E-state index in [0.29, 0.717) is 28.3 Å². The van der Waals surface area contributed by atoms with Crippen LogP contribution in [0.2, 0.25) is 0 Å². The van der Waals surface area contributed by atoms with Crippen molar-refractivity contribution >= 4 is 55.4 Å². The van der Waals surface area contributed by atoms with E-state index in [2.05, 4.69) is 42.5 Å². The summed E-state index contributed by atoms with van der Waals surface area (Å²) in [5.41, 5.74) is 1.91. The van der Waals surface area contributed by atoms with Crippen molar-refractivity contribution in [2.75, 3.05) is 0 Å². The molecular formula is C36H21O3P. The molecule has 1 atom stereocenters. The summed E-state index contributed by atoms with van der Waals surface area (Å²) in [4.78, 5) is 0. The van der Waals surface area contributed by atoms with Crippen LogP contribution >= 0.6 is 7.14 Å². The van der Waals surface area contributed by atoms with E-state index in [1.165, 1.54) is 5.39 Å². The Hall–Kier alpha value is -4.85. The molecule has 0 fully saturated rings. The van der Waals surface area contributed by atoms with E-state index in [1.807, 2.05) is 84.9 Å². The van der Waals surface area contributed by atoms with Gasteiger partial charge in [-0.2, -0.15) is 0 Å². The highest BCUT2D eigenvalue weighted by Gasteiger charge is 2.48. The number of benzene rings is 7. The number of hydrogen-bond acceptors (Lipinski definition) is 3. The minimum Gasteiger partial charge on any atom is -0.455 e. The summed E-state index contributed by atoms with van der Waals surface area (Å²) < 4.78 is 29.3. The van der Waals surface area contributed by atoms with Crippen LogP contribution in [0.3, 0.4) is 0 Å². The van der Waals surface area contributed by atoms with Crippen molar-refractivity contribution in [1.29, 1.82) is 0 Å². The van der Waals surface area contributed by atoms with Gasteiger partial charge in [0.15, 0.2) is 7.14 Å². The van der Waals surface area contributed by atoms with Crippen LogP contribution in [-0.4, -0.2) is 0 Å². The molecule has 2 aliphatic rings. The molecule has 0 N–H and O–H groups in total. The monoisotopic (exact) mass is 532 g/mol. The molecule has 4 heteroatoms. The summed E-state index contributed by atoms with van der Waals surface area (Å²) in [6.45, 7) is 0. The lowest BCUT2D eigenvalue weighted by Gasteiger charge is -2.36. The summed E-state index contributed by atoms with van der Waals surface area (Å²) in [6, 6.07) is 43.0. The van der Waals surface area contributed by atoms with Crippen LogP contribution in [-0.2, 0) is 4.57 Å². The van der Waals surface area contributed by atoms with E-state index >= 15 is 4.57 Å². The van der Waals surface area contributed by atoms with Gasteiger partial charge in [-0.1, -0.05) is 97.1 Å². The molecule has 2 heterocycles. The predicted molar refractivity (Wildman–Crippen MR) is 164 cm³/mol. The van der Waals surface area contributed by atoms with Crippen molar-refractivity contribution in [2.45, 2.75) is 0 Å². The molecule has 9 rings (SSSR count).